The minimum absolute atomic E-state index is 0.288. The topological polar surface area (TPSA) is 47.0 Å². The summed E-state index contributed by atoms with van der Waals surface area (Å²) in [6.07, 6.45) is 2.32. The molecule has 1 N–H and O–H groups in total. The van der Waals surface area contributed by atoms with Gasteiger partial charge in [-0.2, -0.15) is 6.67 Å². The molecule has 10 heteroatoms. The number of nitrogens with zero attached hydrogens (tertiary/aromatic N) is 2. The van der Waals surface area contributed by atoms with E-state index < -0.39 is 22.3 Å². The molecule has 0 radical (unpaired) electrons. The molecule has 0 amide bonds. The van der Waals surface area contributed by atoms with Crippen LogP contribution in [0.2, 0.25) is 6.04 Å². The predicted octanol–water partition coefficient (Wildman–Crippen LogP) is 9.81. The molecule has 3 aromatic rings. The molecule has 0 saturated carbocycles. The number of hydrogen-bond acceptors (Lipinski definition) is 5. The maximum atomic E-state index is 5.95. The van der Waals surface area contributed by atoms with Crippen molar-refractivity contribution in [1.82, 2.24) is 0 Å². The van der Waals surface area contributed by atoms with Gasteiger partial charge in [0.1, 0.15) is 0 Å². The van der Waals surface area contributed by atoms with E-state index in [4.69, 9.17) is 32.7 Å². The fourth-order valence-corrected chi connectivity index (χ4v) is 10.6. The molecule has 48 heavy (non-hydrogen) atoms. The van der Waals surface area contributed by atoms with Gasteiger partial charge in [-0.25, -0.2) is 0 Å². The molecule has 268 valence electrons. The zero-order chi connectivity index (χ0) is 35.6. The van der Waals surface area contributed by atoms with Crippen LogP contribution in [0.25, 0.3) is 0 Å². The van der Waals surface area contributed by atoms with Crippen LogP contribution in [0.3, 0.4) is 0 Å². The van der Waals surface area contributed by atoms with Gasteiger partial charge in [0.15, 0.2) is 0 Å². The Balaban J connectivity index is 0.000000373. The van der Waals surface area contributed by atoms with Crippen molar-refractivity contribution in [3.05, 3.63) is 94.1 Å². The van der Waals surface area contributed by atoms with Crippen LogP contribution in [0.1, 0.15) is 72.6 Å². The summed E-state index contributed by atoms with van der Waals surface area (Å²) in [5.41, 5.74) is 11.6. The Morgan fingerprint density at radius 2 is 1.46 bits per heavy atom. The first-order chi connectivity index (χ1) is 22.7. The molecule has 0 aliphatic carbocycles. The van der Waals surface area contributed by atoms with Gasteiger partial charge in [0.25, 0.3) is 0 Å². The average molecular weight is 805 g/mol. The van der Waals surface area contributed by atoms with Crippen LogP contribution in [-0.4, -0.2) is 57.7 Å². The zero-order valence-corrected chi connectivity index (χ0v) is 34.9. The first kappa shape index (κ1) is 40.7. The summed E-state index contributed by atoms with van der Waals surface area (Å²) >= 11 is -1.75. The normalized spacial score (nSPS) is 15.0. The second-order valence-electron chi connectivity index (χ2n) is 12.8. The second kappa shape index (κ2) is 19.0. The number of ether oxygens (including phenoxy) is 1. The van der Waals surface area contributed by atoms with Crippen LogP contribution in [0.5, 0.6) is 5.75 Å². The van der Waals surface area contributed by atoms with E-state index in [1.54, 1.807) is 14.2 Å². The number of aliphatic hydroxyl groups is 1. The zero-order valence-electron chi connectivity index (χ0n) is 30.6. The Morgan fingerprint density at radius 3 is 1.96 bits per heavy atom. The van der Waals surface area contributed by atoms with E-state index in [-0.39, 0.29) is 6.10 Å². The molecule has 1 heterocycles. The Hall–Kier alpha value is -1.77. The van der Waals surface area contributed by atoms with E-state index in [0.717, 1.165) is 36.7 Å². The first-order valence-corrected chi connectivity index (χ1v) is 24.1. The van der Waals surface area contributed by atoms with E-state index >= 15 is 0 Å². The minimum atomic E-state index is -2.59. The van der Waals surface area contributed by atoms with Gasteiger partial charge in [0.05, 0.1) is 0 Å². The molecule has 1 aliphatic rings. The molecule has 1 aliphatic heterocycles. The molecular formula is C38H56Cl2N2O4RuSi. The summed E-state index contributed by atoms with van der Waals surface area (Å²) < 4.78 is 23.9. The number of rotatable bonds is 13. The second-order valence-corrected chi connectivity index (χ2v) is 21.5. The summed E-state index contributed by atoms with van der Waals surface area (Å²) in [6, 6.07) is 18.3. The number of para-hydroxylation sites is 1. The number of benzene rings is 3. The SMILES string of the molecule is CC(C)[OH+]c1ccccc1[CH]=[Ru]([Cl])[Cl].CCO[Si](CCCC1CN(c2c(C)cc(C)cc2C)[CH-]N1c1c(C)cc(C)cc1C)(OC)OC. The predicted molar refractivity (Wildman–Crippen MR) is 205 cm³/mol. The van der Waals surface area contributed by atoms with Crippen LogP contribution in [0.15, 0.2) is 48.5 Å². The molecule has 3 aromatic carbocycles. The minimum Gasteiger partial charge on any atom is -0.501 e. The number of halogens is 2. The molecule has 1 saturated heterocycles. The van der Waals surface area contributed by atoms with Crippen molar-refractivity contribution in [3.8, 4) is 5.75 Å². The number of hydrogen-bond donors (Lipinski definition) is 0. The third-order valence-electron chi connectivity index (χ3n) is 8.41. The summed E-state index contributed by atoms with van der Waals surface area (Å²) in [5, 5.41) is 0. The summed E-state index contributed by atoms with van der Waals surface area (Å²) in [5.74, 6) is 0.975. The largest absolute Gasteiger partial charge is 0.501 e. The van der Waals surface area contributed by atoms with E-state index in [1.807, 2.05) is 49.6 Å². The van der Waals surface area contributed by atoms with Gasteiger partial charge in [-0.3, -0.25) is 0 Å². The van der Waals surface area contributed by atoms with Gasteiger partial charge in [0.2, 0.25) is 0 Å². The van der Waals surface area contributed by atoms with Crippen molar-refractivity contribution in [1.29, 1.82) is 0 Å². The fraction of sp³-hybridized carbons (Fsp3) is 0.474. The molecular weight excluding hydrogens is 748 g/mol. The maximum Gasteiger partial charge on any atom is 0.500 e. The van der Waals surface area contributed by atoms with Crippen LogP contribution in [-0.2, 0) is 26.8 Å². The third-order valence-corrected chi connectivity index (χ3v) is 13.2. The van der Waals surface area contributed by atoms with Crippen LogP contribution in [0.4, 0.5) is 11.4 Å². The summed E-state index contributed by atoms with van der Waals surface area (Å²) in [4.78, 5) is 4.96. The molecule has 0 bridgehead atoms. The maximum absolute atomic E-state index is 5.95. The number of aryl methyl sites for hydroxylation is 6. The molecule has 4 rings (SSSR count). The quantitative estimate of drug-likeness (QED) is 0.0979. The van der Waals surface area contributed by atoms with Crippen molar-refractivity contribution in [2.75, 3.05) is 37.2 Å². The van der Waals surface area contributed by atoms with Crippen molar-refractivity contribution in [3.63, 3.8) is 0 Å². The van der Waals surface area contributed by atoms with Gasteiger partial charge in [-0.1, -0.05) is 35.4 Å². The number of aromatic hydroxyl groups is 1. The Morgan fingerprint density at radius 1 is 0.917 bits per heavy atom. The van der Waals surface area contributed by atoms with Crippen molar-refractivity contribution in [2.24, 2.45) is 0 Å². The number of anilines is 2. The Labute approximate surface area is 304 Å². The van der Waals surface area contributed by atoms with Gasteiger partial charge >= 0.3 is 107 Å². The molecule has 1 atom stereocenters. The first-order valence-electron chi connectivity index (χ1n) is 16.7. The molecule has 1 unspecified atom stereocenters. The molecule has 0 aromatic heterocycles. The van der Waals surface area contributed by atoms with Crippen molar-refractivity contribution < 1.29 is 31.5 Å². The van der Waals surface area contributed by atoms with Crippen LogP contribution >= 0.6 is 19.4 Å². The van der Waals surface area contributed by atoms with Crippen LogP contribution in [0, 0.1) is 48.2 Å². The van der Waals surface area contributed by atoms with Crippen molar-refractivity contribution in [2.45, 2.75) is 93.3 Å². The van der Waals surface area contributed by atoms with E-state index in [1.165, 1.54) is 44.8 Å². The fourth-order valence-electron chi connectivity index (χ4n) is 6.74. The van der Waals surface area contributed by atoms with Gasteiger partial charge in [0, 0.05) is 50.8 Å². The standard InChI is InChI=1S/C28H43N2O3Si.C10H12O.2ClH.Ru/c1-10-33-34(31-8,32-9)13-11-12-26-18-29(27-22(4)14-20(2)15-23(27)5)19-30(26)28-24(6)16-21(3)17-25(28)7;1-8(2)11-10-7-5-4-6-9(10)3;;;/h14-17,19,26H,10-13,18H2,1-9H3;3-8H,1-2H3;2*1H;/q-1;;;;+2/p-1. The Kier molecular flexibility index (Phi) is 16.1. The van der Waals surface area contributed by atoms with Gasteiger partial charge in [-0.15, -0.1) is 0 Å². The van der Waals surface area contributed by atoms with E-state index in [0.29, 0.717) is 12.6 Å². The molecule has 6 nitrogen and oxygen atoms in total. The van der Waals surface area contributed by atoms with Crippen molar-refractivity contribution >= 4 is 44.2 Å². The molecule has 0 spiro atoms. The van der Waals surface area contributed by atoms with E-state index in [9.17, 15) is 0 Å². The smallest absolute Gasteiger partial charge is 0.500 e. The van der Waals surface area contributed by atoms with Gasteiger partial charge in [-0.05, 0) is 83.6 Å². The molecule has 1 fully saturated rings. The summed E-state index contributed by atoms with van der Waals surface area (Å²) in [6.45, 7) is 23.3. The third kappa shape index (κ3) is 11.1. The summed E-state index contributed by atoms with van der Waals surface area (Å²) in [7, 11) is 12.5. The Bertz CT molecular complexity index is 1480. The van der Waals surface area contributed by atoms with E-state index in [2.05, 4.69) is 87.0 Å². The van der Waals surface area contributed by atoms with Gasteiger partial charge < -0.3 is 23.1 Å². The average Bonchev–Trinajstić information content (AvgIpc) is 3.39. The van der Waals surface area contributed by atoms with Crippen LogP contribution < -0.4 is 9.80 Å². The monoisotopic (exact) mass is 804 g/mol.